The number of hydrogen-bond acceptors (Lipinski definition) is 3. The molecule has 0 spiro atoms. The van der Waals surface area contributed by atoms with E-state index in [1.807, 2.05) is 13.8 Å². The first-order valence-corrected chi connectivity index (χ1v) is 8.20. The van der Waals surface area contributed by atoms with Gasteiger partial charge in [0.1, 0.15) is 4.90 Å². The second kappa shape index (κ2) is 7.06. The van der Waals surface area contributed by atoms with Crippen LogP contribution >= 0.6 is 11.6 Å². The van der Waals surface area contributed by atoms with Crippen molar-refractivity contribution in [1.82, 2.24) is 4.31 Å². The maximum Gasteiger partial charge on any atom is 0.328 e. The van der Waals surface area contributed by atoms with Gasteiger partial charge in [-0.05, 0) is 37.1 Å². The summed E-state index contributed by atoms with van der Waals surface area (Å²) in [6.45, 7) is 3.72. The zero-order valence-electron chi connectivity index (χ0n) is 12.1. The summed E-state index contributed by atoms with van der Waals surface area (Å²) < 4.78 is 26.2. The molecule has 5 nitrogen and oxygen atoms in total. The molecule has 1 unspecified atom stereocenters. The Hall–Kier alpha value is -1.37. The predicted molar refractivity (Wildman–Crippen MR) is 82.8 cm³/mol. The summed E-state index contributed by atoms with van der Waals surface area (Å²) in [5.41, 5.74) is 0.521. The van der Waals surface area contributed by atoms with Crippen molar-refractivity contribution < 1.29 is 18.3 Å². The zero-order chi connectivity index (χ0) is 16.2. The van der Waals surface area contributed by atoms with Crippen LogP contribution in [-0.2, 0) is 14.8 Å². The van der Waals surface area contributed by atoms with Gasteiger partial charge in [-0.15, -0.1) is 0 Å². The molecule has 0 saturated heterocycles. The van der Waals surface area contributed by atoms with E-state index in [1.165, 1.54) is 35.6 Å². The number of hydrogen-bond donors (Lipinski definition) is 1. The largest absolute Gasteiger partial charge is 0.478 e. The lowest BCUT2D eigenvalue weighted by Crippen LogP contribution is -2.34. The highest BCUT2D eigenvalue weighted by Gasteiger charge is 2.26. The minimum Gasteiger partial charge on any atom is -0.478 e. The van der Waals surface area contributed by atoms with Crippen molar-refractivity contribution in [3.8, 4) is 0 Å². The van der Waals surface area contributed by atoms with Crippen LogP contribution in [0.5, 0.6) is 0 Å². The molecule has 0 aliphatic heterocycles. The van der Waals surface area contributed by atoms with Crippen molar-refractivity contribution in [2.75, 3.05) is 7.05 Å². The molecule has 0 fully saturated rings. The van der Waals surface area contributed by atoms with E-state index in [0.717, 1.165) is 6.08 Å². The molecule has 1 N–H and O–H groups in total. The molecule has 0 radical (unpaired) electrons. The van der Waals surface area contributed by atoms with Crippen molar-refractivity contribution in [1.29, 1.82) is 0 Å². The van der Waals surface area contributed by atoms with Gasteiger partial charge in [-0.25, -0.2) is 13.2 Å². The Labute approximate surface area is 129 Å². The lowest BCUT2D eigenvalue weighted by Gasteiger charge is -2.23. The van der Waals surface area contributed by atoms with Gasteiger partial charge in [0.2, 0.25) is 10.0 Å². The molecule has 7 heteroatoms. The summed E-state index contributed by atoms with van der Waals surface area (Å²) in [6.07, 6.45) is 3.00. The van der Waals surface area contributed by atoms with E-state index in [1.54, 1.807) is 0 Å². The molecule has 0 saturated carbocycles. The first-order valence-electron chi connectivity index (χ1n) is 6.38. The van der Waals surface area contributed by atoms with Gasteiger partial charge in [-0.2, -0.15) is 4.31 Å². The van der Waals surface area contributed by atoms with E-state index in [-0.39, 0.29) is 16.0 Å². The van der Waals surface area contributed by atoms with E-state index in [0.29, 0.717) is 12.0 Å². The number of halogens is 1. The van der Waals surface area contributed by atoms with Crippen LogP contribution in [0.25, 0.3) is 6.08 Å². The summed E-state index contributed by atoms with van der Waals surface area (Å²) in [5, 5.41) is 8.63. The monoisotopic (exact) mass is 331 g/mol. The van der Waals surface area contributed by atoms with Gasteiger partial charge in [-0.1, -0.05) is 24.6 Å². The predicted octanol–water partition coefficient (Wildman–Crippen LogP) is 2.86. The van der Waals surface area contributed by atoms with E-state index < -0.39 is 16.0 Å². The second-order valence-corrected chi connectivity index (χ2v) is 7.01. The van der Waals surface area contributed by atoms with Crippen LogP contribution in [0.4, 0.5) is 0 Å². The van der Waals surface area contributed by atoms with Crippen LogP contribution in [-0.4, -0.2) is 36.9 Å². The maximum absolute atomic E-state index is 12.5. The fraction of sp³-hybridized carbons (Fsp3) is 0.357. The Kier molecular flexibility index (Phi) is 5.95. The second-order valence-electron chi connectivity index (χ2n) is 4.64. The van der Waals surface area contributed by atoms with Gasteiger partial charge < -0.3 is 5.11 Å². The number of rotatable bonds is 6. The van der Waals surface area contributed by atoms with Crippen LogP contribution in [0.2, 0.25) is 5.02 Å². The molecule has 0 bridgehead atoms. The maximum atomic E-state index is 12.5. The summed E-state index contributed by atoms with van der Waals surface area (Å²) >= 11 is 6.03. The molecule has 21 heavy (non-hydrogen) atoms. The van der Waals surface area contributed by atoms with Crippen molar-refractivity contribution >= 4 is 33.7 Å². The van der Waals surface area contributed by atoms with Crippen LogP contribution in [0.3, 0.4) is 0 Å². The molecular weight excluding hydrogens is 314 g/mol. The number of sulfonamides is 1. The molecular formula is C14H18ClNO4S. The quantitative estimate of drug-likeness (QED) is 0.813. The fourth-order valence-electron chi connectivity index (χ4n) is 1.65. The van der Waals surface area contributed by atoms with E-state index in [2.05, 4.69) is 0 Å². The Morgan fingerprint density at radius 3 is 2.57 bits per heavy atom. The van der Waals surface area contributed by atoms with Crippen LogP contribution < -0.4 is 0 Å². The first kappa shape index (κ1) is 17.7. The Morgan fingerprint density at radius 1 is 1.48 bits per heavy atom. The smallest absolute Gasteiger partial charge is 0.328 e. The molecule has 0 heterocycles. The summed E-state index contributed by atoms with van der Waals surface area (Å²) in [4.78, 5) is 10.5. The minimum absolute atomic E-state index is 0.0134. The third-order valence-electron chi connectivity index (χ3n) is 3.24. The molecule has 0 amide bonds. The first-order chi connectivity index (χ1) is 9.70. The van der Waals surface area contributed by atoms with Crippen LogP contribution in [0.15, 0.2) is 29.2 Å². The molecule has 116 valence electrons. The van der Waals surface area contributed by atoms with Gasteiger partial charge in [0.05, 0.1) is 5.02 Å². The van der Waals surface area contributed by atoms with Crippen molar-refractivity contribution in [3.63, 3.8) is 0 Å². The van der Waals surface area contributed by atoms with Crippen molar-refractivity contribution in [2.45, 2.75) is 31.2 Å². The standard InChI is InChI=1S/C14H18ClNO4S/c1-4-10(2)16(3)21(19,20)13-7-5-11(9-12(13)15)6-8-14(17)18/h5-10H,4H2,1-3H3,(H,17,18). The summed E-state index contributed by atoms with van der Waals surface area (Å²) in [6, 6.07) is 4.19. The topological polar surface area (TPSA) is 74.7 Å². The molecule has 0 aliphatic rings. The molecule has 0 aromatic heterocycles. The Morgan fingerprint density at radius 2 is 2.10 bits per heavy atom. The molecule has 1 atom stereocenters. The third-order valence-corrected chi connectivity index (χ3v) is 5.70. The Bertz CT molecular complexity index is 655. The fourth-order valence-corrected chi connectivity index (χ4v) is 3.61. The number of carboxylic acid groups (broad SMARTS) is 1. The van der Waals surface area contributed by atoms with Gasteiger partial charge in [0.25, 0.3) is 0 Å². The van der Waals surface area contributed by atoms with Crippen LogP contribution in [0.1, 0.15) is 25.8 Å². The summed E-state index contributed by atoms with van der Waals surface area (Å²) in [5.74, 6) is -1.08. The van der Waals surface area contributed by atoms with Gasteiger partial charge in [0.15, 0.2) is 0 Å². The van der Waals surface area contributed by atoms with E-state index in [9.17, 15) is 13.2 Å². The van der Waals surface area contributed by atoms with Crippen LogP contribution in [0, 0.1) is 0 Å². The average Bonchev–Trinajstić information content (AvgIpc) is 2.43. The number of carbonyl (C=O) groups is 1. The molecule has 1 rings (SSSR count). The van der Waals surface area contributed by atoms with E-state index in [4.69, 9.17) is 16.7 Å². The number of carboxylic acids is 1. The van der Waals surface area contributed by atoms with Gasteiger partial charge in [0, 0.05) is 19.2 Å². The van der Waals surface area contributed by atoms with Gasteiger partial charge in [-0.3, -0.25) is 0 Å². The molecule has 1 aromatic carbocycles. The highest BCUT2D eigenvalue weighted by molar-refractivity contribution is 7.89. The number of aliphatic carboxylic acids is 1. The van der Waals surface area contributed by atoms with Gasteiger partial charge >= 0.3 is 5.97 Å². The SMILES string of the molecule is CCC(C)N(C)S(=O)(=O)c1ccc(C=CC(=O)O)cc1Cl. The number of nitrogens with zero attached hydrogens (tertiary/aromatic N) is 1. The normalized spacial score (nSPS) is 13.8. The average molecular weight is 332 g/mol. The van der Waals surface area contributed by atoms with E-state index >= 15 is 0 Å². The molecule has 0 aliphatic carbocycles. The third kappa shape index (κ3) is 4.30. The Balaban J connectivity index is 3.18. The highest BCUT2D eigenvalue weighted by Crippen LogP contribution is 2.27. The summed E-state index contributed by atoms with van der Waals surface area (Å²) in [7, 11) is -2.16. The zero-order valence-corrected chi connectivity index (χ0v) is 13.6. The minimum atomic E-state index is -3.67. The van der Waals surface area contributed by atoms with Crippen molar-refractivity contribution in [3.05, 3.63) is 34.9 Å². The lowest BCUT2D eigenvalue weighted by atomic mass is 10.2. The highest BCUT2D eigenvalue weighted by atomic mass is 35.5. The lowest BCUT2D eigenvalue weighted by molar-refractivity contribution is -0.131. The number of benzene rings is 1. The molecule has 1 aromatic rings. The van der Waals surface area contributed by atoms with Crippen molar-refractivity contribution in [2.24, 2.45) is 0 Å².